The van der Waals surface area contributed by atoms with Crippen LogP contribution in [0.5, 0.6) is 0 Å². The molecule has 4 nitrogen and oxygen atoms in total. The summed E-state index contributed by atoms with van der Waals surface area (Å²) in [4.78, 5) is 14.1. The van der Waals surface area contributed by atoms with Crippen LogP contribution in [0.2, 0.25) is 0 Å². The van der Waals surface area contributed by atoms with Gasteiger partial charge in [-0.1, -0.05) is 18.2 Å². The van der Waals surface area contributed by atoms with E-state index in [1.54, 1.807) is 0 Å². The predicted octanol–water partition coefficient (Wildman–Crippen LogP) is 2.38. The van der Waals surface area contributed by atoms with Gasteiger partial charge in [0.15, 0.2) is 0 Å². The Labute approximate surface area is 113 Å². The van der Waals surface area contributed by atoms with E-state index in [1.165, 1.54) is 0 Å². The van der Waals surface area contributed by atoms with Gasteiger partial charge in [-0.15, -0.1) is 0 Å². The van der Waals surface area contributed by atoms with Crippen LogP contribution in [0, 0.1) is 0 Å². The summed E-state index contributed by atoms with van der Waals surface area (Å²) in [5, 5.41) is 1.07. The molecule has 0 bridgehead atoms. The number of benzene rings is 1. The molecule has 0 aliphatic carbocycles. The van der Waals surface area contributed by atoms with Crippen molar-refractivity contribution in [2.75, 3.05) is 27.2 Å². The zero-order chi connectivity index (χ0) is 13.8. The summed E-state index contributed by atoms with van der Waals surface area (Å²) in [5.74, 6) is -0.252. The topological polar surface area (TPSA) is 34.5 Å². The number of nitrogens with zero attached hydrogens (tertiary/aromatic N) is 2. The Morgan fingerprint density at radius 2 is 2.05 bits per heavy atom. The van der Waals surface area contributed by atoms with Crippen molar-refractivity contribution in [2.24, 2.45) is 0 Å². The average Bonchev–Trinajstić information content (AvgIpc) is 2.75. The molecule has 1 heterocycles. The van der Waals surface area contributed by atoms with Gasteiger partial charge in [0.2, 0.25) is 0 Å². The van der Waals surface area contributed by atoms with Crippen LogP contribution < -0.4 is 0 Å². The van der Waals surface area contributed by atoms with Crippen molar-refractivity contribution in [1.82, 2.24) is 9.47 Å². The molecule has 0 fully saturated rings. The summed E-state index contributed by atoms with van der Waals surface area (Å²) >= 11 is 0. The molecular weight excluding hydrogens is 240 g/mol. The van der Waals surface area contributed by atoms with E-state index in [0.29, 0.717) is 12.3 Å². The second kappa shape index (κ2) is 5.89. The minimum Gasteiger partial charge on any atom is -0.461 e. The maximum atomic E-state index is 12.0. The van der Waals surface area contributed by atoms with Gasteiger partial charge in [0.05, 0.1) is 6.61 Å². The van der Waals surface area contributed by atoms with E-state index in [4.69, 9.17) is 4.74 Å². The normalized spacial score (nSPS) is 11.2. The van der Waals surface area contributed by atoms with E-state index >= 15 is 0 Å². The first-order valence-corrected chi connectivity index (χ1v) is 6.53. The largest absolute Gasteiger partial charge is 0.461 e. The second-order valence-corrected chi connectivity index (χ2v) is 4.76. The number of carbonyl (C=O) groups is 1. The molecule has 0 N–H and O–H groups in total. The molecular formula is C15H20N2O2. The van der Waals surface area contributed by atoms with Crippen LogP contribution >= 0.6 is 0 Å². The fourth-order valence-electron chi connectivity index (χ4n) is 2.13. The molecule has 0 atom stereocenters. The van der Waals surface area contributed by atoms with Gasteiger partial charge in [0.1, 0.15) is 5.69 Å². The standard InChI is InChI=1S/C15H20N2O2/c1-4-19-15(18)14-11-12-7-5-6-8-13(12)17(14)10-9-16(2)3/h5-8,11H,4,9-10H2,1-3H3. The lowest BCUT2D eigenvalue weighted by molar-refractivity contribution is 0.0514. The van der Waals surface area contributed by atoms with Crippen molar-refractivity contribution in [3.8, 4) is 0 Å². The van der Waals surface area contributed by atoms with Gasteiger partial charge in [-0.05, 0) is 33.2 Å². The van der Waals surface area contributed by atoms with Gasteiger partial charge in [-0.3, -0.25) is 0 Å². The number of hydrogen-bond donors (Lipinski definition) is 0. The van der Waals surface area contributed by atoms with E-state index in [9.17, 15) is 4.79 Å². The van der Waals surface area contributed by atoms with Gasteiger partial charge >= 0.3 is 5.97 Å². The molecule has 0 unspecified atom stereocenters. The molecule has 2 aromatic rings. The molecule has 102 valence electrons. The lowest BCUT2D eigenvalue weighted by atomic mass is 10.2. The Balaban J connectivity index is 2.42. The molecule has 0 amide bonds. The molecule has 19 heavy (non-hydrogen) atoms. The van der Waals surface area contributed by atoms with Crippen molar-refractivity contribution in [2.45, 2.75) is 13.5 Å². The lowest BCUT2D eigenvalue weighted by Crippen LogP contribution is -2.21. The highest BCUT2D eigenvalue weighted by Crippen LogP contribution is 2.20. The highest BCUT2D eigenvalue weighted by molar-refractivity contribution is 5.95. The Morgan fingerprint density at radius 1 is 1.32 bits per heavy atom. The lowest BCUT2D eigenvalue weighted by Gasteiger charge is -2.13. The van der Waals surface area contributed by atoms with Gasteiger partial charge in [-0.2, -0.15) is 0 Å². The highest BCUT2D eigenvalue weighted by atomic mass is 16.5. The third-order valence-corrected chi connectivity index (χ3v) is 3.07. The number of ether oxygens (including phenoxy) is 1. The number of likely N-dealkylation sites (N-methyl/N-ethyl adjacent to an activating group) is 1. The fraction of sp³-hybridized carbons (Fsp3) is 0.400. The van der Waals surface area contributed by atoms with E-state index in [1.807, 2.05) is 55.9 Å². The van der Waals surface area contributed by atoms with Crippen LogP contribution in [-0.4, -0.2) is 42.7 Å². The molecule has 0 saturated carbocycles. The number of fused-ring (bicyclic) bond motifs is 1. The molecule has 0 aliphatic heterocycles. The zero-order valence-corrected chi connectivity index (χ0v) is 11.7. The summed E-state index contributed by atoms with van der Waals surface area (Å²) < 4.78 is 7.17. The van der Waals surface area contributed by atoms with E-state index in [-0.39, 0.29) is 5.97 Å². The van der Waals surface area contributed by atoms with Crippen molar-refractivity contribution >= 4 is 16.9 Å². The van der Waals surface area contributed by atoms with Crippen molar-refractivity contribution < 1.29 is 9.53 Å². The number of para-hydroxylation sites is 1. The number of carbonyl (C=O) groups excluding carboxylic acids is 1. The molecule has 0 saturated heterocycles. The van der Waals surface area contributed by atoms with E-state index in [2.05, 4.69) is 4.90 Å². The quantitative estimate of drug-likeness (QED) is 0.774. The third-order valence-electron chi connectivity index (χ3n) is 3.07. The zero-order valence-electron chi connectivity index (χ0n) is 11.7. The SMILES string of the molecule is CCOC(=O)c1cc2ccccc2n1CCN(C)C. The smallest absolute Gasteiger partial charge is 0.354 e. The molecule has 1 aromatic carbocycles. The molecule has 0 radical (unpaired) electrons. The summed E-state index contributed by atoms with van der Waals surface area (Å²) in [6, 6.07) is 9.93. The Hall–Kier alpha value is -1.81. The van der Waals surface area contributed by atoms with Gasteiger partial charge in [0, 0.05) is 24.0 Å². The fourth-order valence-corrected chi connectivity index (χ4v) is 2.13. The van der Waals surface area contributed by atoms with Crippen molar-refractivity contribution in [3.05, 3.63) is 36.0 Å². The van der Waals surface area contributed by atoms with Gasteiger partial charge in [-0.25, -0.2) is 4.79 Å². The minimum atomic E-state index is -0.252. The maximum absolute atomic E-state index is 12.0. The maximum Gasteiger partial charge on any atom is 0.354 e. The third kappa shape index (κ3) is 2.96. The first-order valence-electron chi connectivity index (χ1n) is 6.53. The molecule has 0 aliphatic rings. The molecule has 2 rings (SSSR count). The van der Waals surface area contributed by atoms with Crippen LogP contribution in [0.3, 0.4) is 0 Å². The van der Waals surface area contributed by atoms with E-state index < -0.39 is 0 Å². The van der Waals surface area contributed by atoms with E-state index in [0.717, 1.165) is 24.0 Å². The van der Waals surface area contributed by atoms with Crippen LogP contribution in [0.15, 0.2) is 30.3 Å². The number of hydrogen-bond acceptors (Lipinski definition) is 3. The number of aromatic nitrogens is 1. The monoisotopic (exact) mass is 260 g/mol. The molecule has 1 aromatic heterocycles. The Morgan fingerprint density at radius 3 is 2.74 bits per heavy atom. The summed E-state index contributed by atoms with van der Waals surface area (Å²) in [5.41, 5.74) is 1.71. The van der Waals surface area contributed by atoms with Crippen LogP contribution in [0.1, 0.15) is 17.4 Å². The van der Waals surface area contributed by atoms with Crippen molar-refractivity contribution in [1.29, 1.82) is 0 Å². The second-order valence-electron chi connectivity index (χ2n) is 4.76. The summed E-state index contributed by atoms with van der Waals surface area (Å²) in [6.45, 7) is 3.87. The van der Waals surface area contributed by atoms with Crippen LogP contribution in [-0.2, 0) is 11.3 Å². The molecule has 4 heteroatoms. The number of esters is 1. The predicted molar refractivity (Wildman–Crippen MR) is 76.4 cm³/mol. The van der Waals surface area contributed by atoms with Gasteiger partial charge < -0.3 is 14.2 Å². The van der Waals surface area contributed by atoms with Crippen LogP contribution in [0.4, 0.5) is 0 Å². The first kappa shape index (κ1) is 13.6. The summed E-state index contributed by atoms with van der Waals surface area (Å²) in [6.07, 6.45) is 0. The Kier molecular flexibility index (Phi) is 4.22. The van der Waals surface area contributed by atoms with Crippen molar-refractivity contribution in [3.63, 3.8) is 0 Å². The first-order chi connectivity index (χ1) is 9.13. The van der Waals surface area contributed by atoms with Gasteiger partial charge in [0.25, 0.3) is 0 Å². The Bertz CT molecular complexity index is 573. The molecule has 0 spiro atoms. The minimum absolute atomic E-state index is 0.252. The summed E-state index contributed by atoms with van der Waals surface area (Å²) in [7, 11) is 4.05. The highest BCUT2D eigenvalue weighted by Gasteiger charge is 2.16. The number of rotatable bonds is 5. The van der Waals surface area contributed by atoms with Crippen LogP contribution in [0.25, 0.3) is 10.9 Å². The average molecular weight is 260 g/mol.